The van der Waals surface area contributed by atoms with Gasteiger partial charge in [0.1, 0.15) is 11.6 Å². The number of nitro benzene ring substituents is 1. The monoisotopic (exact) mass is 513 g/mol. The summed E-state index contributed by atoms with van der Waals surface area (Å²) in [5, 5.41) is 21.5. The second-order valence-electron chi connectivity index (χ2n) is 5.94. The van der Waals surface area contributed by atoms with E-state index in [0.717, 1.165) is 0 Å². The van der Waals surface area contributed by atoms with Crippen molar-refractivity contribution in [2.75, 3.05) is 17.7 Å². The number of ether oxygens (including phenoxy) is 1. The highest BCUT2D eigenvalue weighted by atomic mass is 79.9. The fourth-order valence-electron chi connectivity index (χ4n) is 2.57. The van der Waals surface area contributed by atoms with Gasteiger partial charge in [-0.2, -0.15) is 5.10 Å². The highest BCUT2D eigenvalue weighted by molar-refractivity contribution is 9.10. The molecule has 2 aromatic carbocycles. The molecule has 0 saturated carbocycles. The van der Waals surface area contributed by atoms with Crippen LogP contribution in [0.3, 0.4) is 0 Å². The molecule has 0 fully saturated rings. The highest BCUT2D eigenvalue weighted by Crippen LogP contribution is 2.29. The molecule has 0 aliphatic rings. The van der Waals surface area contributed by atoms with Gasteiger partial charge in [-0.05, 0) is 46.3 Å². The Balaban J connectivity index is 1.73. The molecule has 0 spiro atoms. The first-order valence-electron chi connectivity index (χ1n) is 8.34. The Morgan fingerprint density at radius 3 is 2.83 bits per heavy atom. The molecule has 0 aliphatic carbocycles. The number of methoxy groups -OCH3 is 1. The first kappa shape index (κ1) is 21.9. The van der Waals surface area contributed by atoms with E-state index in [0.29, 0.717) is 26.6 Å². The minimum absolute atomic E-state index is 0.107. The van der Waals surface area contributed by atoms with Gasteiger partial charge in [-0.25, -0.2) is 4.39 Å². The third-order valence-corrected chi connectivity index (χ3v) is 5.11. The number of aromatic nitrogens is 2. The van der Waals surface area contributed by atoms with E-state index >= 15 is 0 Å². The van der Waals surface area contributed by atoms with E-state index in [2.05, 4.69) is 31.7 Å². The summed E-state index contributed by atoms with van der Waals surface area (Å²) in [5.41, 5.74) is 0.649. The summed E-state index contributed by atoms with van der Waals surface area (Å²) in [5.74, 6) is 0.221. The lowest BCUT2D eigenvalue weighted by atomic mass is 10.2. The van der Waals surface area contributed by atoms with Crippen LogP contribution >= 0.6 is 39.7 Å². The lowest BCUT2D eigenvalue weighted by Gasteiger charge is -2.12. The Labute approximate surface area is 189 Å². The van der Waals surface area contributed by atoms with Crippen molar-refractivity contribution in [3.63, 3.8) is 0 Å². The Hall–Kier alpha value is -2.76. The second-order valence-corrected chi connectivity index (χ2v) is 7.61. The maximum Gasteiger partial charge on any atom is 0.273 e. The zero-order chi connectivity index (χ0) is 21.8. The van der Waals surface area contributed by atoms with Crippen molar-refractivity contribution in [2.24, 2.45) is 0 Å². The summed E-state index contributed by atoms with van der Waals surface area (Å²) >= 11 is 14.7. The molecule has 3 rings (SSSR count). The number of nitro groups is 1. The molecule has 1 aromatic heterocycles. The molecule has 0 aliphatic heterocycles. The fraction of sp³-hybridized carbons (Fsp3) is 0.111. The van der Waals surface area contributed by atoms with Gasteiger partial charge in [0.05, 0.1) is 34.8 Å². The summed E-state index contributed by atoms with van der Waals surface area (Å²) in [6, 6.07) is 8.57. The minimum atomic E-state index is -0.519. The van der Waals surface area contributed by atoms with Crippen LogP contribution in [0.2, 0.25) is 5.02 Å². The highest BCUT2D eigenvalue weighted by Gasteiger charge is 2.15. The SMILES string of the molecule is COc1cc([N+](=O)[O-])ccc1NC(=S)Nc1nn(Cc2c(F)cccc2Cl)cc1Br. The van der Waals surface area contributed by atoms with Gasteiger partial charge in [0.15, 0.2) is 10.9 Å². The lowest BCUT2D eigenvalue weighted by Crippen LogP contribution is -2.20. The molecule has 8 nitrogen and oxygen atoms in total. The van der Waals surface area contributed by atoms with Crippen molar-refractivity contribution in [1.29, 1.82) is 0 Å². The molecule has 0 unspecified atom stereocenters. The van der Waals surface area contributed by atoms with Crippen LogP contribution in [0.15, 0.2) is 47.1 Å². The number of anilines is 2. The van der Waals surface area contributed by atoms with Crippen LogP contribution in [-0.2, 0) is 6.54 Å². The summed E-state index contributed by atoms with van der Waals surface area (Å²) < 4.78 is 21.3. The molecule has 0 radical (unpaired) electrons. The van der Waals surface area contributed by atoms with Crippen LogP contribution < -0.4 is 15.4 Å². The van der Waals surface area contributed by atoms with E-state index in [1.165, 1.54) is 42.1 Å². The molecule has 30 heavy (non-hydrogen) atoms. The Morgan fingerprint density at radius 2 is 2.17 bits per heavy atom. The van der Waals surface area contributed by atoms with Crippen LogP contribution in [0.5, 0.6) is 5.75 Å². The normalized spacial score (nSPS) is 10.5. The van der Waals surface area contributed by atoms with Gasteiger partial charge >= 0.3 is 0 Å². The van der Waals surface area contributed by atoms with Crippen LogP contribution in [0, 0.1) is 15.9 Å². The van der Waals surface area contributed by atoms with Gasteiger partial charge in [0, 0.05) is 22.8 Å². The third kappa shape index (κ3) is 5.04. The summed E-state index contributed by atoms with van der Waals surface area (Å²) in [6.45, 7) is 0.127. The molecule has 2 N–H and O–H groups in total. The summed E-state index contributed by atoms with van der Waals surface area (Å²) in [6.07, 6.45) is 1.65. The van der Waals surface area contributed by atoms with E-state index in [-0.39, 0.29) is 23.1 Å². The molecule has 0 saturated heterocycles. The van der Waals surface area contributed by atoms with Gasteiger partial charge < -0.3 is 15.4 Å². The average molecular weight is 515 g/mol. The molecule has 12 heteroatoms. The largest absolute Gasteiger partial charge is 0.494 e. The number of hydrogen-bond donors (Lipinski definition) is 2. The van der Waals surface area contributed by atoms with Crippen molar-refractivity contribution >= 4 is 62.1 Å². The molecule has 1 heterocycles. The predicted octanol–water partition coefficient (Wildman–Crippen LogP) is 5.21. The van der Waals surface area contributed by atoms with Crippen molar-refractivity contribution in [3.05, 3.63) is 73.6 Å². The van der Waals surface area contributed by atoms with Crippen LogP contribution in [-0.4, -0.2) is 26.9 Å². The minimum Gasteiger partial charge on any atom is -0.494 e. The van der Waals surface area contributed by atoms with E-state index in [1.807, 2.05) is 0 Å². The first-order chi connectivity index (χ1) is 14.3. The maximum absolute atomic E-state index is 14.0. The first-order valence-corrected chi connectivity index (χ1v) is 9.92. The molecular formula is C18H14BrClFN5O3S. The number of rotatable bonds is 6. The molecule has 3 aromatic rings. The van der Waals surface area contributed by atoms with E-state index in [9.17, 15) is 14.5 Å². The van der Waals surface area contributed by atoms with Gasteiger partial charge in [-0.15, -0.1) is 0 Å². The van der Waals surface area contributed by atoms with Crippen molar-refractivity contribution < 1.29 is 14.1 Å². The number of benzene rings is 2. The van der Waals surface area contributed by atoms with Crippen molar-refractivity contribution in [2.45, 2.75) is 6.54 Å². The Morgan fingerprint density at radius 1 is 1.40 bits per heavy atom. The van der Waals surface area contributed by atoms with Crippen LogP contribution in [0.25, 0.3) is 0 Å². The van der Waals surface area contributed by atoms with Crippen LogP contribution in [0.4, 0.5) is 21.6 Å². The number of hydrogen-bond acceptors (Lipinski definition) is 5. The Bertz CT molecular complexity index is 1110. The van der Waals surface area contributed by atoms with E-state index < -0.39 is 10.7 Å². The molecule has 0 amide bonds. The number of nitrogens with one attached hydrogen (secondary N) is 2. The van der Waals surface area contributed by atoms with Gasteiger partial charge in [-0.1, -0.05) is 17.7 Å². The third-order valence-electron chi connectivity index (χ3n) is 3.97. The molecule has 156 valence electrons. The molecule has 0 bridgehead atoms. The average Bonchev–Trinajstić information content (AvgIpc) is 3.03. The molecule has 0 atom stereocenters. The fourth-order valence-corrected chi connectivity index (χ4v) is 3.41. The summed E-state index contributed by atoms with van der Waals surface area (Å²) in [7, 11) is 1.40. The molecular weight excluding hydrogens is 501 g/mol. The van der Waals surface area contributed by atoms with Gasteiger partial charge in [0.25, 0.3) is 5.69 Å². The maximum atomic E-state index is 14.0. The topological polar surface area (TPSA) is 94.2 Å². The van der Waals surface area contributed by atoms with Crippen molar-refractivity contribution in [3.8, 4) is 5.75 Å². The number of nitrogens with zero attached hydrogens (tertiary/aromatic N) is 3. The number of thiocarbonyl (C=S) groups is 1. The predicted molar refractivity (Wildman–Crippen MR) is 120 cm³/mol. The van der Waals surface area contributed by atoms with Crippen molar-refractivity contribution in [1.82, 2.24) is 9.78 Å². The quantitative estimate of drug-likeness (QED) is 0.265. The lowest BCUT2D eigenvalue weighted by molar-refractivity contribution is -0.384. The standard InChI is InChI=1S/C18H14BrClFN5O3S/c1-29-16-7-10(26(27)28)5-6-15(16)22-18(30)23-17-12(19)9-25(24-17)8-11-13(20)3-2-4-14(11)21/h2-7,9H,8H2,1H3,(H2,22,23,24,30). The number of halogens is 3. The zero-order valence-electron chi connectivity index (χ0n) is 15.4. The van der Waals surface area contributed by atoms with Crippen LogP contribution in [0.1, 0.15) is 5.56 Å². The number of non-ortho nitro benzene ring substituents is 1. The Kier molecular flexibility index (Phi) is 6.85. The van der Waals surface area contributed by atoms with E-state index in [4.69, 9.17) is 28.6 Å². The zero-order valence-corrected chi connectivity index (χ0v) is 18.5. The van der Waals surface area contributed by atoms with Gasteiger partial charge in [-0.3, -0.25) is 14.8 Å². The summed E-state index contributed by atoms with van der Waals surface area (Å²) in [4.78, 5) is 10.4. The smallest absolute Gasteiger partial charge is 0.273 e. The second kappa shape index (κ2) is 9.37. The van der Waals surface area contributed by atoms with E-state index in [1.54, 1.807) is 12.3 Å². The van der Waals surface area contributed by atoms with Gasteiger partial charge in [0.2, 0.25) is 0 Å².